The second kappa shape index (κ2) is 9.35. The van der Waals surface area contributed by atoms with E-state index in [1.807, 2.05) is 0 Å². The molecule has 1 heterocycles. The molecule has 0 radical (unpaired) electrons. The van der Waals surface area contributed by atoms with E-state index in [9.17, 15) is 18.8 Å². The van der Waals surface area contributed by atoms with Crippen molar-refractivity contribution in [2.45, 2.75) is 6.92 Å². The van der Waals surface area contributed by atoms with E-state index in [-0.39, 0.29) is 34.6 Å². The monoisotopic (exact) mass is 448 g/mol. The van der Waals surface area contributed by atoms with Gasteiger partial charge in [0.15, 0.2) is 0 Å². The predicted octanol–water partition coefficient (Wildman–Crippen LogP) is 5.12. The fourth-order valence-corrected chi connectivity index (χ4v) is 2.98. The lowest BCUT2D eigenvalue weighted by atomic mass is 10.2. The lowest BCUT2D eigenvalue weighted by Gasteiger charge is -2.08. The van der Waals surface area contributed by atoms with E-state index in [0.717, 1.165) is 18.4 Å². The van der Waals surface area contributed by atoms with Crippen LogP contribution in [0, 0.1) is 5.82 Å². The summed E-state index contributed by atoms with van der Waals surface area (Å²) in [6.07, 6.45) is 1.15. The quantitative estimate of drug-likeness (QED) is 0.299. The molecule has 0 aliphatic heterocycles. The molecule has 0 bridgehead atoms. The zero-order valence-corrected chi connectivity index (χ0v) is 17.4. The number of hydrogen-bond acceptors (Lipinski definition) is 7. The number of benzene rings is 3. The highest BCUT2D eigenvalue weighted by Gasteiger charge is 2.14. The summed E-state index contributed by atoms with van der Waals surface area (Å²) in [7, 11) is 0. The maximum atomic E-state index is 13.0. The molecule has 4 aromatic rings. The summed E-state index contributed by atoms with van der Waals surface area (Å²) in [5, 5.41) is 0.220. The second-order valence-electron chi connectivity index (χ2n) is 6.83. The van der Waals surface area contributed by atoms with Gasteiger partial charge in [-0.1, -0.05) is 0 Å². The van der Waals surface area contributed by atoms with E-state index in [1.165, 1.54) is 54.6 Å². The van der Waals surface area contributed by atoms with Gasteiger partial charge >= 0.3 is 11.9 Å². The summed E-state index contributed by atoms with van der Waals surface area (Å²) in [6, 6.07) is 15.3. The first-order chi connectivity index (χ1) is 15.9. The Hall–Kier alpha value is -4.46. The van der Waals surface area contributed by atoms with Gasteiger partial charge in [-0.15, -0.1) is 0 Å². The standard InChI is InChI=1S/C25H17FO7/c1-2-30-24(28)15-5-9-18(10-6-15)32-22-14-31-21-13-19(11-12-20(21)23(22)27)33-25(29)16-3-7-17(26)8-4-16/h3-14H,2H2,1H3. The van der Waals surface area contributed by atoms with Crippen LogP contribution >= 0.6 is 0 Å². The normalized spacial score (nSPS) is 10.6. The fraction of sp³-hybridized carbons (Fsp3) is 0.0800. The third kappa shape index (κ3) is 4.90. The van der Waals surface area contributed by atoms with Gasteiger partial charge in [0.05, 0.1) is 23.1 Å². The van der Waals surface area contributed by atoms with Crippen molar-refractivity contribution in [2.24, 2.45) is 0 Å². The van der Waals surface area contributed by atoms with Crippen molar-refractivity contribution in [3.8, 4) is 17.2 Å². The minimum Gasteiger partial charge on any atom is -0.462 e. The van der Waals surface area contributed by atoms with E-state index < -0.39 is 23.2 Å². The van der Waals surface area contributed by atoms with Gasteiger partial charge in [-0.05, 0) is 67.6 Å². The summed E-state index contributed by atoms with van der Waals surface area (Å²) in [4.78, 5) is 36.7. The minimum absolute atomic E-state index is 0.0533. The number of carbonyl (C=O) groups is 2. The highest BCUT2D eigenvalue weighted by molar-refractivity contribution is 5.91. The van der Waals surface area contributed by atoms with E-state index in [0.29, 0.717) is 11.3 Å². The first kappa shape index (κ1) is 21.8. The molecule has 33 heavy (non-hydrogen) atoms. The van der Waals surface area contributed by atoms with Crippen molar-refractivity contribution in [1.29, 1.82) is 0 Å². The smallest absolute Gasteiger partial charge is 0.343 e. The van der Waals surface area contributed by atoms with Crippen molar-refractivity contribution in [2.75, 3.05) is 6.61 Å². The minimum atomic E-state index is -0.678. The van der Waals surface area contributed by atoms with Crippen LogP contribution in [-0.4, -0.2) is 18.5 Å². The first-order valence-corrected chi connectivity index (χ1v) is 9.93. The first-order valence-electron chi connectivity index (χ1n) is 9.93. The molecule has 1 aromatic heterocycles. The largest absolute Gasteiger partial charge is 0.462 e. The number of carbonyl (C=O) groups excluding carboxylic acids is 2. The summed E-state index contributed by atoms with van der Waals surface area (Å²) in [5.74, 6) is -1.16. The van der Waals surface area contributed by atoms with E-state index in [2.05, 4.69) is 0 Å². The lowest BCUT2D eigenvalue weighted by Crippen LogP contribution is -2.09. The number of hydrogen-bond donors (Lipinski definition) is 0. The van der Waals surface area contributed by atoms with E-state index in [1.54, 1.807) is 6.92 Å². The summed E-state index contributed by atoms with van der Waals surface area (Å²) in [6.45, 7) is 1.98. The molecule has 0 saturated carbocycles. The van der Waals surface area contributed by atoms with Crippen molar-refractivity contribution >= 4 is 22.9 Å². The number of halogens is 1. The fourth-order valence-electron chi connectivity index (χ4n) is 2.98. The molecule has 0 unspecified atom stereocenters. The van der Waals surface area contributed by atoms with Crippen LogP contribution in [-0.2, 0) is 4.74 Å². The summed E-state index contributed by atoms with van der Waals surface area (Å²) in [5.41, 5.74) is 0.296. The van der Waals surface area contributed by atoms with Crippen LogP contribution in [0.25, 0.3) is 11.0 Å². The lowest BCUT2D eigenvalue weighted by molar-refractivity contribution is 0.0526. The van der Waals surface area contributed by atoms with E-state index in [4.69, 9.17) is 18.6 Å². The second-order valence-corrected chi connectivity index (χ2v) is 6.83. The van der Waals surface area contributed by atoms with Crippen LogP contribution in [0.5, 0.6) is 17.2 Å². The molecule has 8 heteroatoms. The van der Waals surface area contributed by atoms with Gasteiger partial charge in [0.1, 0.15) is 29.2 Å². The van der Waals surface area contributed by atoms with Crippen LogP contribution in [0.4, 0.5) is 4.39 Å². The zero-order chi connectivity index (χ0) is 23.4. The Labute approximate surface area is 186 Å². The number of esters is 2. The summed E-state index contributed by atoms with van der Waals surface area (Å²) < 4.78 is 34.3. The van der Waals surface area contributed by atoms with Crippen LogP contribution in [0.2, 0.25) is 0 Å². The molecule has 0 saturated heterocycles. The van der Waals surface area contributed by atoms with Crippen molar-refractivity contribution < 1.29 is 32.6 Å². The predicted molar refractivity (Wildman–Crippen MR) is 116 cm³/mol. The Morgan fingerprint density at radius 2 is 1.52 bits per heavy atom. The van der Waals surface area contributed by atoms with Gasteiger partial charge in [-0.3, -0.25) is 4.79 Å². The highest BCUT2D eigenvalue weighted by atomic mass is 19.1. The Balaban J connectivity index is 1.52. The van der Waals surface area contributed by atoms with Crippen molar-refractivity contribution in [3.05, 3.63) is 100 Å². The Kier molecular flexibility index (Phi) is 6.17. The summed E-state index contributed by atoms with van der Waals surface area (Å²) >= 11 is 0. The topological polar surface area (TPSA) is 92.0 Å². The number of ether oxygens (including phenoxy) is 3. The van der Waals surface area contributed by atoms with Crippen LogP contribution < -0.4 is 14.9 Å². The van der Waals surface area contributed by atoms with Crippen molar-refractivity contribution in [3.63, 3.8) is 0 Å². The van der Waals surface area contributed by atoms with Crippen LogP contribution in [0.15, 0.2) is 82.2 Å². The van der Waals surface area contributed by atoms with Crippen LogP contribution in [0.3, 0.4) is 0 Å². The SMILES string of the molecule is CCOC(=O)c1ccc(Oc2coc3cc(OC(=O)c4ccc(F)cc4)ccc3c2=O)cc1. The van der Waals surface area contributed by atoms with E-state index >= 15 is 0 Å². The molecular formula is C25H17FO7. The molecular weight excluding hydrogens is 431 g/mol. The Bertz CT molecular complexity index is 1370. The van der Waals surface area contributed by atoms with Gasteiger partial charge in [-0.2, -0.15) is 0 Å². The van der Waals surface area contributed by atoms with Gasteiger partial charge in [0.2, 0.25) is 11.2 Å². The molecule has 4 rings (SSSR count). The maximum absolute atomic E-state index is 13.0. The molecule has 0 aliphatic carbocycles. The molecule has 0 amide bonds. The van der Waals surface area contributed by atoms with Crippen LogP contribution in [0.1, 0.15) is 27.6 Å². The average molecular weight is 448 g/mol. The molecule has 0 fully saturated rings. The molecule has 0 N–H and O–H groups in total. The maximum Gasteiger partial charge on any atom is 0.343 e. The Morgan fingerprint density at radius 1 is 0.879 bits per heavy atom. The number of rotatable bonds is 6. The molecule has 0 spiro atoms. The average Bonchev–Trinajstić information content (AvgIpc) is 2.82. The van der Waals surface area contributed by atoms with Crippen molar-refractivity contribution in [1.82, 2.24) is 0 Å². The zero-order valence-electron chi connectivity index (χ0n) is 17.4. The Morgan fingerprint density at radius 3 is 2.21 bits per heavy atom. The van der Waals surface area contributed by atoms with Gasteiger partial charge in [0.25, 0.3) is 0 Å². The van der Waals surface area contributed by atoms with Gasteiger partial charge in [-0.25, -0.2) is 14.0 Å². The highest BCUT2D eigenvalue weighted by Crippen LogP contribution is 2.25. The third-order valence-electron chi connectivity index (χ3n) is 4.60. The molecule has 7 nitrogen and oxygen atoms in total. The third-order valence-corrected chi connectivity index (χ3v) is 4.60. The molecule has 3 aromatic carbocycles. The molecule has 0 atom stereocenters. The molecule has 166 valence electrons. The number of fused-ring (bicyclic) bond motifs is 1. The van der Waals surface area contributed by atoms with Gasteiger partial charge < -0.3 is 18.6 Å². The molecule has 0 aliphatic rings. The van der Waals surface area contributed by atoms with Gasteiger partial charge in [0, 0.05) is 6.07 Å².